The Morgan fingerprint density at radius 2 is 1.28 bits per heavy atom. The van der Waals surface area contributed by atoms with Crippen molar-refractivity contribution in [3.63, 3.8) is 0 Å². The van der Waals surface area contributed by atoms with Gasteiger partial charge in [0.15, 0.2) is 0 Å². The molecule has 1 aromatic carbocycles. The predicted molar refractivity (Wildman–Crippen MR) is 194 cm³/mol. The highest BCUT2D eigenvalue weighted by atomic mass is 32.2. The van der Waals surface area contributed by atoms with Crippen LogP contribution in [0.15, 0.2) is 47.5 Å². The normalized spacial score (nSPS) is 14.0. The standard InChI is InChI=1S/C38H62N4O4S/c1-3-27-41-28-30-42(31-29-41)37-25-22-35(33-40-37)38(43)39-26-18-16-14-12-10-8-6-4-5-7-9-11-13-15-17-19-32-46-47(44,45)36-23-20-34(2)21-24-36/h20-25,33H,3-19,26-32H2,1-2H3,(H,39,43). The van der Waals surface area contributed by atoms with E-state index in [2.05, 4.69) is 27.0 Å². The molecule has 1 N–H and O–H groups in total. The van der Waals surface area contributed by atoms with Gasteiger partial charge in [-0.3, -0.25) is 13.9 Å². The number of anilines is 1. The maximum absolute atomic E-state index is 12.5. The Kier molecular flexibility index (Phi) is 19.0. The van der Waals surface area contributed by atoms with E-state index in [9.17, 15) is 13.2 Å². The van der Waals surface area contributed by atoms with Gasteiger partial charge in [0.05, 0.1) is 17.1 Å². The molecule has 1 aliphatic rings. The monoisotopic (exact) mass is 670 g/mol. The molecule has 8 nitrogen and oxygen atoms in total. The van der Waals surface area contributed by atoms with E-state index in [0.29, 0.717) is 5.56 Å². The van der Waals surface area contributed by atoms with E-state index in [4.69, 9.17) is 4.18 Å². The first-order valence-corrected chi connectivity index (χ1v) is 20.0. The lowest BCUT2D eigenvalue weighted by Crippen LogP contribution is -2.46. The van der Waals surface area contributed by atoms with Gasteiger partial charge in [0.1, 0.15) is 5.82 Å². The van der Waals surface area contributed by atoms with Gasteiger partial charge in [-0.05, 0) is 57.0 Å². The molecule has 47 heavy (non-hydrogen) atoms. The van der Waals surface area contributed by atoms with Gasteiger partial charge in [0.25, 0.3) is 16.0 Å². The van der Waals surface area contributed by atoms with Gasteiger partial charge in [0.2, 0.25) is 0 Å². The summed E-state index contributed by atoms with van der Waals surface area (Å²) in [4.78, 5) is 22.1. The van der Waals surface area contributed by atoms with Crippen LogP contribution in [0.2, 0.25) is 0 Å². The van der Waals surface area contributed by atoms with Gasteiger partial charge >= 0.3 is 0 Å². The molecule has 0 bridgehead atoms. The second-order valence-electron chi connectivity index (χ2n) is 13.2. The van der Waals surface area contributed by atoms with Crippen LogP contribution in [0.5, 0.6) is 0 Å². The largest absolute Gasteiger partial charge is 0.354 e. The minimum absolute atomic E-state index is 0.0216. The van der Waals surface area contributed by atoms with E-state index in [0.717, 1.165) is 69.8 Å². The summed E-state index contributed by atoms with van der Waals surface area (Å²) >= 11 is 0. The highest BCUT2D eigenvalue weighted by Gasteiger charge is 2.18. The highest BCUT2D eigenvalue weighted by molar-refractivity contribution is 7.86. The van der Waals surface area contributed by atoms with Crippen LogP contribution in [-0.2, 0) is 14.3 Å². The molecule has 3 rings (SSSR count). The Bertz CT molecular complexity index is 1210. The number of carbonyl (C=O) groups excluding carboxylic acids is 1. The van der Waals surface area contributed by atoms with Crippen molar-refractivity contribution in [1.29, 1.82) is 0 Å². The minimum atomic E-state index is -3.63. The van der Waals surface area contributed by atoms with Crippen molar-refractivity contribution in [3.05, 3.63) is 53.7 Å². The Morgan fingerprint density at radius 1 is 0.745 bits per heavy atom. The fraction of sp³-hybridized carbons (Fsp3) is 0.684. The summed E-state index contributed by atoms with van der Waals surface area (Å²) in [5.41, 5.74) is 1.68. The summed E-state index contributed by atoms with van der Waals surface area (Å²) in [6.45, 7) is 10.5. The van der Waals surface area contributed by atoms with Crippen LogP contribution in [0.1, 0.15) is 132 Å². The van der Waals surface area contributed by atoms with Gasteiger partial charge in [-0.2, -0.15) is 8.42 Å². The van der Waals surface area contributed by atoms with Gasteiger partial charge < -0.3 is 10.2 Å². The second kappa shape index (κ2) is 23.0. The van der Waals surface area contributed by atoms with Crippen molar-refractivity contribution in [2.24, 2.45) is 0 Å². The Labute approximate surface area is 286 Å². The van der Waals surface area contributed by atoms with Crippen LogP contribution in [0, 0.1) is 6.92 Å². The molecule has 0 unspecified atom stereocenters. The first-order chi connectivity index (χ1) is 22.9. The molecule has 1 fully saturated rings. The molecule has 2 aromatic rings. The number of aromatic nitrogens is 1. The SMILES string of the molecule is CCCN1CCN(c2ccc(C(=O)NCCCCCCCCCCCCCCCCCCOS(=O)(=O)c3ccc(C)cc3)cn2)CC1. The number of pyridine rings is 1. The summed E-state index contributed by atoms with van der Waals surface area (Å²) in [7, 11) is -3.63. The number of rotatable bonds is 25. The smallest absolute Gasteiger partial charge is 0.296 e. The van der Waals surface area contributed by atoms with Gasteiger partial charge in [-0.1, -0.05) is 115 Å². The van der Waals surface area contributed by atoms with Crippen molar-refractivity contribution in [2.45, 2.75) is 128 Å². The van der Waals surface area contributed by atoms with Crippen LogP contribution in [-0.4, -0.2) is 70.1 Å². The predicted octanol–water partition coefficient (Wildman–Crippen LogP) is 8.30. The lowest BCUT2D eigenvalue weighted by atomic mass is 10.0. The first kappa shape index (κ1) is 39.0. The number of aryl methyl sites for hydroxylation is 1. The number of amides is 1. The van der Waals surface area contributed by atoms with Crippen molar-refractivity contribution >= 4 is 21.8 Å². The van der Waals surface area contributed by atoms with Crippen LogP contribution in [0.4, 0.5) is 5.82 Å². The summed E-state index contributed by atoms with van der Waals surface area (Å²) in [5, 5.41) is 3.06. The molecule has 0 atom stereocenters. The molecule has 2 heterocycles. The molecular weight excluding hydrogens is 609 g/mol. The van der Waals surface area contributed by atoms with Gasteiger partial charge in [-0.15, -0.1) is 0 Å². The van der Waals surface area contributed by atoms with Gasteiger partial charge in [-0.25, -0.2) is 4.98 Å². The second-order valence-corrected chi connectivity index (χ2v) is 14.9. The summed E-state index contributed by atoms with van der Waals surface area (Å²) in [6.07, 6.45) is 22.3. The lowest BCUT2D eigenvalue weighted by molar-refractivity contribution is 0.0952. The highest BCUT2D eigenvalue weighted by Crippen LogP contribution is 2.17. The quantitative estimate of drug-likeness (QED) is 0.0839. The average molecular weight is 671 g/mol. The molecule has 9 heteroatoms. The van der Waals surface area contributed by atoms with E-state index in [-0.39, 0.29) is 17.4 Å². The third-order valence-corrected chi connectivity index (χ3v) is 10.5. The number of benzene rings is 1. The van der Waals surface area contributed by atoms with Crippen molar-refractivity contribution in [3.8, 4) is 0 Å². The lowest BCUT2D eigenvalue weighted by Gasteiger charge is -2.35. The number of hydrogen-bond donors (Lipinski definition) is 1. The Balaban J connectivity index is 1.04. The van der Waals surface area contributed by atoms with E-state index in [1.54, 1.807) is 30.5 Å². The molecule has 1 amide bonds. The van der Waals surface area contributed by atoms with E-state index in [1.165, 1.54) is 90.0 Å². The number of nitrogens with zero attached hydrogens (tertiary/aromatic N) is 3. The molecule has 1 aliphatic heterocycles. The van der Waals surface area contributed by atoms with Crippen LogP contribution in [0.25, 0.3) is 0 Å². The zero-order chi connectivity index (χ0) is 33.6. The number of unbranched alkanes of at least 4 members (excludes halogenated alkanes) is 15. The van der Waals surface area contributed by atoms with Crippen molar-refractivity contribution < 1.29 is 17.4 Å². The molecule has 0 aliphatic carbocycles. The minimum Gasteiger partial charge on any atom is -0.354 e. The summed E-state index contributed by atoms with van der Waals surface area (Å²) < 4.78 is 29.6. The zero-order valence-electron chi connectivity index (χ0n) is 29.4. The zero-order valence-corrected chi connectivity index (χ0v) is 30.2. The van der Waals surface area contributed by atoms with Gasteiger partial charge in [0, 0.05) is 38.9 Å². The topological polar surface area (TPSA) is 91.8 Å². The summed E-state index contributed by atoms with van der Waals surface area (Å²) in [5.74, 6) is 0.947. The molecule has 1 aromatic heterocycles. The number of hydrogen-bond acceptors (Lipinski definition) is 7. The number of carbonyl (C=O) groups is 1. The van der Waals surface area contributed by atoms with Crippen molar-refractivity contribution in [2.75, 3.05) is 50.8 Å². The third-order valence-electron chi connectivity index (χ3n) is 9.15. The molecule has 0 radical (unpaired) electrons. The van der Waals surface area contributed by atoms with Crippen LogP contribution >= 0.6 is 0 Å². The molecule has 0 saturated carbocycles. The van der Waals surface area contributed by atoms with E-state index < -0.39 is 10.1 Å². The molecule has 264 valence electrons. The third kappa shape index (κ3) is 16.0. The summed E-state index contributed by atoms with van der Waals surface area (Å²) in [6, 6.07) is 10.7. The fourth-order valence-corrected chi connectivity index (χ4v) is 7.11. The van der Waals surface area contributed by atoms with Crippen LogP contribution < -0.4 is 10.2 Å². The van der Waals surface area contributed by atoms with Crippen molar-refractivity contribution in [1.82, 2.24) is 15.2 Å². The first-order valence-electron chi connectivity index (χ1n) is 18.6. The average Bonchev–Trinajstić information content (AvgIpc) is 3.08. The van der Waals surface area contributed by atoms with E-state index >= 15 is 0 Å². The molecule has 1 saturated heterocycles. The fourth-order valence-electron chi connectivity index (χ4n) is 6.17. The number of nitrogens with one attached hydrogen (secondary N) is 1. The maximum atomic E-state index is 12.5. The molecular formula is C38H62N4O4S. The molecule has 0 spiro atoms. The number of piperazine rings is 1. The Hall–Kier alpha value is -2.49. The Morgan fingerprint density at radius 3 is 1.79 bits per heavy atom. The maximum Gasteiger partial charge on any atom is 0.296 e. The van der Waals surface area contributed by atoms with E-state index in [1.807, 2.05) is 19.1 Å². The van der Waals surface area contributed by atoms with Crippen LogP contribution in [0.3, 0.4) is 0 Å².